The maximum Gasteiger partial charge on any atom is 0.223 e. The predicted octanol–water partition coefficient (Wildman–Crippen LogP) is 3.63. The number of hydrogen-bond donors (Lipinski definition) is 0. The summed E-state index contributed by atoms with van der Waals surface area (Å²) in [5.41, 5.74) is 3.83. The van der Waals surface area contributed by atoms with Gasteiger partial charge in [0.1, 0.15) is 0 Å². The third-order valence-corrected chi connectivity index (χ3v) is 3.82. The van der Waals surface area contributed by atoms with Gasteiger partial charge < -0.3 is 4.90 Å². The van der Waals surface area contributed by atoms with Crippen molar-refractivity contribution in [3.8, 4) is 0 Å². The second kappa shape index (κ2) is 3.84. The molecule has 0 atom stereocenters. The van der Waals surface area contributed by atoms with Crippen molar-refractivity contribution in [2.24, 2.45) is 0 Å². The Morgan fingerprint density at radius 1 is 1.28 bits per heavy atom. The molecule has 1 aromatic carbocycles. The lowest BCUT2D eigenvalue weighted by Crippen LogP contribution is -2.32. The topological polar surface area (TPSA) is 20.3 Å². The second-order valence-electron chi connectivity index (χ2n) is 6.97. The van der Waals surface area contributed by atoms with Gasteiger partial charge in [-0.15, -0.1) is 0 Å². The molecule has 0 aromatic heterocycles. The highest BCUT2D eigenvalue weighted by Gasteiger charge is 2.37. The zero-order chi connectivity index (χ0) is 13.7. The number of carbonyl (C=O) groups excluding carboxylic acids is 1. The van der Waals surface area contributed by atoms with Crippen molar-refractivity contribution in [1.29, 1.82) is 0 Å². The molecule has 0 N–H and O–H groups in total. The van der Waals surface area contributed by atoms with E-state index < -0.39 is 0 Å². The Hall–Kier alpha value is -1.31. The van der Waals surface area contributed by atoms with E-state index >= 15 is 0 Å². The number of rotatable bonds is 0. The fraction of sp³-hybridized carbons (Fsp3) is 0.562. The average Bonchev–Trinajstić information content (AvgIpc) is 2.49. The van der Waals surface area contributed by atoms with E-state index in [2.05, 4.69) is 52.8 Å². The van der Waals surface area contributed by atoms with Crippen LogP contribution in [0.5, 0.6) is 0 Å². The summed E-state index contributed by atoms with van der Waals surface area (Å²) in [6.45, 7) is 13.4. The van der Waals surface area contributed by atoms with Crippen molar-refractivity contribution in [3.05, 3.63) is 29.3 Å². The van der Waals surface area contributed by atoms with Gasteiger partial charge in [0.2, 0.25) is 5.91 Å². The van der Waals surface area contributed by atoms with E-state index in [0.717, 1.165) is 12.2 Å². The lowest BCUT2D eigenvalue weighted by molar-refractivity contribution is -0.116. The van der Waals surface area contributed by atoms with Crippen molar-refractivity contribution < 1.29 is 4.79 Å². The van der Waals surface area contributed by atoms with E-state index in [-0.39, 0.29) is 16.7 Å². The number of nitrogens with zero attached hydrogens (tertiary/aromatic N) is 1. The second-order valence-corrected chi connectivity index (χ2v) is 6.97. The first-order chi connectivity index (χ1) is 8.13. The van der Waals surface area contributed by atoms with Crippen molar-refractivity contribution in [3.63, 3.8) is 0 Å². The fourth-order valence-corrected chi connectivity index (χ4v) is 2.64. The normalized spacial score (nSPS) is 17.8. The molecule has 0 unspecified atom stereocenters. The molecule has 2 rings (SSSR count). The third-order valence-electron chi connectivity index (χ3n) is 3.82. The Kier molecular flexibility index (Phi) is 2.80. The molecule has 0 fully saturated rings. The number of carbonyl (C=O) groups is 1. The largest absolute Gasteiger partial charge is 0.311 e. The molecule has 1 aromatic rings. The number of anilines is 1. The van der Waals surface area contributed by atoms with Gasteiger partial charge in [0, 0.05) is 24.6 Å². The van der Waals surface area contributed by atoms with E-state index in [4.69, 9.17) is 0 Å². The van der Waals surface area contributed by atoms with Gasteiger partial charge in [-0.05, 0) is 22.6 Å². The molecular weight excluding hydrogens is 222 g/mol. The molecule has 0 bridgehead atoms. The fourth-order valence-electron chi connectivity index (χ4n) is 2.64. The first kappa shape index (κ1) is 13.1. The van der Waals surface area contributed by atoms with Crippen LogP contribution >= 0.6 is 0 Å². The molecule has 2 heteroatoms. The number of benzene rings is 1. The van der Waals surface area contributed by atoms with Crippen LogP contribution in [0.15, 0.2) is 18.2 Å². The summed E-state index contributed by atoms with van der Waals surface area (Å²) >= 11 is 0. The lowest BCUT2D eigenvalue weighted by Gasteiger charge is -2.22. The Labute approximate surface area is 110 Å². The van der Waals surface area contributed by atoms with Crippen LogP contribution in [0.3, 0.4) is 0 Å². The van der Waals surface area contributed by atoms with Crippen molar-refractivity contribution in [2.45, 2.75) is 52.4 Å². The minimum absolute atomic E-state index is 0.0530. The number of fused-ring (bicyclic) bond motifs is 1. The summed E-state index contributed by atoms with van der Waals surface area (Å²) < 4.78 is 0. The summed E-state index contributed by atoms with van der Waals surface area (Å²) in [5.74, 6) is 0.132. The van der Waals surface area contributed by atoms with Crippen LogP contribution in [0, 0.1) is 0 Å². The van der Waals surface area contributed by atoms with Gasteiger partial charge in [-0.3, -0.25) is 4.79 Å². The molecule has 0 aliphatic carbocycles. The van der Waals surface area contributed by atoms with Crippen molar-refractivity contribution >= 4 is 11.6 Å². The van der Waals surface area contributed by atoms with E-state index in [1.165, 1.54) is 11.1 Å². The van der Waals surface area contributed by atoms with E-state index in [1.807, 2.05) is 4.90 Å². The summed E-state index contributed by atoms with van der Waals surface area (Å²) in [6, 6.07) is 6.58. The van der Waals surface area contributed by atoms with Crippen LogP contribution in [0.4, 0.5) is 5.69 Å². The van der Waals surface area contributed by atoms with Crippen molar-refractivity contribution in [1.82, 2.24) is 0 Å². The van der Waals surface area contributed by atoms with E-state index in [0.29, 0.717) is 0 Å². The molecule has 1 heterocycles. The smallest absolute Gasteiger partial charge is 0.223 e. The molecule has 98 valence electrons. The third kappa shape index (κ3) is 2.05. The molecular formula is C16H23NO. The first-order valence-corrected chi connectivity index (χ1v) is 6.56. The summed E-state index contributed by atoms with van der Waals surface area (Å²) in [6.07, 6.45) is 0. The van der Waals surface area contributed by atoms with Crippen molar-refractivity contribution in [2.75, 3.05) is 11.4 Å². The monoisotopic (exact) mass is 245 g/mol. The van der Waals surface area contributed by atoms with E-state index in [1.54, 1.807) is 6.92 Å². The van der Waals surface area contributed by atoms with Crippen LogP contribution in [-0.2, 0) is 15.6 Å². The van der Waals surface area contributed by atoms with Gasteiger partial charge in [-0.1, -0.05) is 46.8 Å². The summed E-state index contributed by atoms with van der Waals surface area (Å²) in [4.78, 5) is 13.7. The molecule has 0 spiro atoms. The highest BCUT2D eigenvalue weighted by Crippen LogP contribution is 2.42. The van der Waals surface area contributed by atoms with Crippen LogP contribution < -0.4 is 4.90 Å². The zero-order valence-corrected chi connectivity index (χ0v) is 12.3. The molecule has 1 aliphatic heterocycles. The van der Waals surface area contributed by atoms with Gasteiger partial charge in [0.15, 0.2) is 0 Å². The van der Waals surface area contributed by atoms with Gasteiger partial charge in [0.05, 0.1) is 0 Å². The first-order valence-electron chi connectivity index (χ1n) is 6.56. The standard InChI is InChI=1S/C16H23NO/c1-11(18)17-10-16(5,6)13-8-7-12(9-14(13)17)15(2,3)4/h7-9H,10H2,1-6H3. The Morgan fingerprint density at radius 2 is 1.89 bits per heavy atom. The summed E-state index contributed by atoms with van der Waals surface area (Å²) in [5, 5.41) is 0. The SMILES string of the molecule is CC(=O)N1CC(C)(C)c2ccc(C(C)(C)C)cc21. The maximum absolute atomic E-state index is 11.8. The quantitative estimate of drug-likeness (QED) is 0.683. The molecule has 0 saturated heterocycles. The molecule has 0 saturated carbocycles. The average molecular weight is 245 g/mol. The predicted molar refractivity (Wildman–Crippen MR) is 76.2 cm³/mol. The Balaban J connectivity index is 2.58. The molecule has 2 nitrogen and oxygen atoms in total. The van der Waals surface area contributed by atoms with E-state index in [9.17, 15) is 4.79 Å². The highest BCUT2D eigenvalue weighted by molar-refractivity contribution is 5.94. The minimum atomic E-state index is 0.0530. The van der Waals surface area contributed by atoms with Crippen LogP contribution in [0.1, 0.15) is 52.7 Å². The van der Waals surface area contributed by atoms with Crippen LogP contribution in [0.25, 0.3) is 0 Å². The zero-order valence-electron chi connectivity index (χ0n) is 12.3. The van der Waals surface area contributed by atoms with Crippen LogP contribution in [-0.4, -0.2) is 12.5 Å². The number of amides is 1. The molecule has 0 radical (unpaired) electrons. The lowest BCUT2D eigenvalue weighted by atomic mass is 9.82. The maximum atomic E-state index is 11.8. The highest BCUT2D eigenvalue weighted by atomic mass is 16.2. The minimum Gasteiger partial charge on any atom is -0.311 e. The van der Waals surface area contributed by atoms with Gasteiger partial charge in [-0.2, -0.15) is 0 Å². The number of hydrogen-bond acceptors (Lipinski definition) is 1. The van der Waals surface area contributed by atoms with Gasteiger partial charge >= 0.3 is 0 Å². The Morgan fingerprint density at radius 3 is 2.39 bits per heavy atom. The molecule has 1 amide bonds. The van der Waals surface area contributed by atoms with Gasteiger partial charge in [-0.25, -0.2) is 0 Å². The Bertz CT molecular complexity index is 494. The van der Waals surface area contributed by atoms with Crippen LogP contribution in [0.2, 0.25) is 0 Å². The van der Waals surface area contributed by atoms with Gasteiger partial charge in [0.25, 0.3) is 0 Å². The summed E-state index contributed by atoms with van der Waals surface area (Å²) in [7, 11) is 0. The molecule has 1 aliphatic rings. The molecule has 18 heavy (non-hydrogen) atoms.